The van der Waals surface area contributed by atoms with Crippen LogP contribution in [0.15, 0.2) is 30.9 Å². The molecule has 2 aromatic rings. The van der Waals surface area contributed by atoms with Gasteiger partial charge in [0.25, 0.3) is 5.91 Å². The van der Waals surface area contributed by atoms with Gasteiger partial charge in [-0.2, -0.15) is 0 Å². The fraction of sp³-hybridized carbons (Fsp3) is 0.423. The van der Waals surface area contributed by atoms with Gasteiger partial charge in [-0.25, -0.2) is 9.37 Å². The van der Waals surface area contributed by atoms with Crippen LogP contribution >= 0.6 is 11.6 Å². The van der Waals surface area contributed by atoms with E-state index in [4.69, 9.17) is 21.1 Å². The van der Waals surface area contributed by atoms with Crippen molar-refractivity contribution in [3.8, 4) is 22.8 Å². The minimum Gasteiger partial charge on any atom is -0.507 e. The summed E-state index contributed by atoms with van der Waals surface area (Å²) in [4.78, 5) is 36.1. The van der Waals surface area contributed by atoms with Crippen LogP contribution in [-0.2, 0) is 9.53 Å². The minimum atomic E-state index is -0.708. The molecule has 0 aliphatic carbocycles. The van der Waals surface area contributed by atoms with Crippen molar-refractivity contribution in [2.24, 2.45) is 0 Å². The average Bonchev–Trinajstić information content (AvgIpc) is 3.00. The first kappa shape index (κ1) is 25.3. The Labute approximate surface area is 219 Å². The van der Waals surface area contributed by atoms with Gasteiger partial charge < -0.3 is 29.3 Å². The van der Waals surface area contributed by atoms with Crippen molar-refractivity contribution in [1.82, 2.24) is 14.8 Å². The van der Waals surface area contributed by atoms with Gasteiger partial charge in [-0.05, 0) is 32.1 Å². The normalized spacial score (nSPS) is 23.6. The van der Waals surface area contributed by atoms with Gasteiger partial charge in [-0.15, -0.1) is 0 Å². The summed E-state index contributed by atoms with van der Waals surface area (Å²) < 4.78 is 27.0. The fourth-order valence-electron chi connectivity index (χ4n) is 5.27. The molecule has 0 saturated carbocycles. The maximum Gasteiger partial charge on any atom is 0.261 e. The second kappa shape index (κ2) is 9.83. The smallest absolute Gasteiger partial charge is 0.261 e. The molecule has 1 N–H and O–H groups in total. The van der Waals surface area contributed by atoms with Crippen molar-refractivity contribution >= 4 is 29.2 Å². The van der Waals surface area contributed by atoms with E-state index in [2.05, 4.69) is 11.6 Å². The molecule has 2 fully saturated rings. The number of morpholine rings is 1. The van der Waals surface area contributed by atoms with Crippen LogP contribution in [0.1, 0.15) is 24.2 Å². The molecule has 196 valence electrons. The monoisotopic (exact) mass is 530 g/mol. The van der Waals surface area contributed by atoms with Crippen LogP contribution in [0, 0.1) is 5.82 Å². The fourth-order valence-corrected chi connectivity index (χ4v) is 5.55. The van der Waals surface area contributed by atoms with Gasteiger partial charge in [0.2, 0.25) is 5.91 Å². The van der Waals surface area contributed by atoms with Crippen LogP contribution in [0.5, 0.6) is 11.5 Å². The number of aromatic nitrogens is 1. The van der Waals surface area contributed by atoms with Crippen LogP contribution in [0.4, 0.5) is 10.2 Å². The maximum absolute atomic E-state index is 14.9. The third-order valence-electron chi connectivity index (χ3n) is 6.89. The average molecular weight is 531 g/mol. The molecule has 3 atom stereocenters. The first-order valence-electron chi connectivity index (χ1n) is 12.2. The highest BCUT2D eigenvalue weighted by Crippen LogP contribution is 2.46. The number of hydrogen-bond donors (Lipinski definition) is 1. The van der Waals surface area contributed by atoms with Gasteiger partial charge in [-0.3, -0.25) is 9.59 Å². The molecule has 0 radical (unpaired) electrons. The molecule has 3 aliphatic heterocycles. The number of pyridine rings is 1. The summed E-state index contributed by atoms with van der Waals surface area (Å²) in [6, 6.07) is 3.51. The number of halogens is 2. The Morgan fingerprint density at radius 3 is 2.62 bits per heavy atom. The molecule has 0 spiro atoms. The van der Waals surface area contributed by atoms with Crippen LogP contribution in [-0.4, -0.2) is 89.3 Å². The number of benzene rings is 1. The maximum atomic E-state index is 14.9. The number of ether oxygens (including phenoxy) is 2. The molecule has 11 heteroatoms. The first-order valence-corrected chi connectivity index (χ1v) is 12.5. The van der Waals surface area contributed by atoms with Gasteiger partial charge >= 0.3 is 0 Å². The highest BCUT2D eigenvalue weighted by atomic mass is 35.5. The topological polar surface area (TPSA) is 95.4 Å². The van der Waals surface area contributed by atoms with Crippen LogP contribution in [0.3, 0.4) is 0 Å². The van der Waals surface area contributed by atoms with Gasteiger partial charge in [0.15, 0.2) is 5.75 Å². The van der Waals surface area contributed by atoms with Crippen molar-refractivity contribution in [1.29, 1.82) is 0 Å². The number of piperazine rings is 1. The summed E-state index contributed by atoms with van der Waals surface area (Å²) in [6.07, 6.45) is 0.951. The molecule has 0 bridgehead atoms. The van der Waals surface area contributed by atoms with Crippen molar-refractivity contribution in [3.05, 3.63) is 47.3 Å². The Morgan fingerprint density at radius 2 is 1.95 bits per heavy atom. The lowest BCUT2D eigenvalue weighted by molar-refractivity contribution is -0.128. The summed E-state index contributed by atoms with van der Waals surface area (Å²) in [5.74, 6) is -1.22. The minimum absolute atomic E-state index is 0.0195. The summed E-state index contributed by atoms with van der Waals surface area (Å²) in [6.45, 7) is 9.27. The molecule has 4 heterocycles. The summed E-state index contributed by atoms with van der Waals surface area (Å²) in [5, 5.41) is 10.4. The zero-order valence-electron chi connectivity index (χ0n) is 20.6. The molecule has 1 unspecified atom stereocenters. The number of amides is 2. The quantitative estimate of drug-likeness (QED) is 0.609. The van der Waals surface area contributed by atoms with E-state index < -0.39 is 11.9 Å². The van der Waals surface area contributed by atoms with E-state index in [9.17, 15) is 19.1 Å². The number of carbonyl (C=O) groups is 2. The Morgan fingerprint density at radius 1 is 1.22 bits per heavy atom. The Kier molecular flexibility index (Phi) is 6.72. The second-order valence-corrected chi connectivity index (χ2v) is 9.93. The van der Waals surface area contributed by atoms with E-state index in [1.54, 1.807) is 9.80 Å². The number of carbonyl (C=O) groups excluding carboxylic acids is 2. The van der Waals surface area contributed by atoms with Crippen molar-refractivity contribution in [2.75, 3.05) is 44.2 Å². The first-order chi connectivity index (χ1) is 17.7. The number of phenols is 1. The predicted octanol–water partition coefficient (Wildman–Crippen LogP) is 3.09. The van der Waals surface area contributed by atoms with Crippen molar-refractivity contribution in [2.45, 2.75) is 32.1 Å². The summed E-state index contributed by atoms with van der Waals surface area (Å²) >= 11 is 6.75. The number of rotatable bonds is 3. The summed E-state index contributed by atoms with van der Waals surface area (Å²) in [7, 11) is 0. The number of nitrogens with zero attached hydrogens (tertiary/aromatic N) is 4. The Bertz CT molecular complexity index is 1240. The SMILES string of the molecule is C=CC(=O)N1CCN2C(=O)c3c(N4C[C@@H](C)O[C@H](C)C4)nc(-c4c(O)cccc4F)c(Cl)c3OCC2C1. The lowest BCUT2D eigenvalue weighted by Crippen LogP contribution is -2.57. The van der Waals surface area contributed by atoms with Crippen LogP contribution in [0.2, 0.25) is 5.02 Å². The highest BCUT2D eigenvalue weighted by molar-refractivity contribution is 6.35. The van der Waals surface area contributed by atoms with E-state index in [0.717, 1.165) is 0 Å². The van der Waals surface area contributed by atoms with E-state index >= 15 is 0 Å². The molecule has 2 saturated heterocycles. The number of hydrogen-bond acceptors (Lipinski definition) is 7. The number of anilines is 1. The van der Waals surface area contributed by atoms with Crippen molar-refractivity contribution in [3.63, 3.8) is 0 Å². The van der Waals surface area contributed by atoms with E-state index in [1.165, 1.54) is 24.3 Å². The zero-order chi connectivity index (χ0) is 26.4. The molecule has 3 aliphatic rings. The van der Waals surface area contributed by atoms with Gasteiger partial charge in [0.05, 0.1) is 23.8 Å². The predicted molar refractivity (Wildman–Crippen MR) is 136 cm³/mol. The van der Waals surface area contributed by atoms with E-state index in [0.29, 0.717) is 26.2 Å². The van der Waals surface area contributed by atoms with Crippen molar-refractivity contribution < 1.29 is 28.6 Å². The van der Waals surface area contributed by atoms with Crippen LogP contribution < -0.4 is 9.64 Å². The largest absolute Gasteiger partial charge is 0.507 e. The number of aromatic hydroxyl groups is 1. The number of phenolic OH excluding ortho intramolecular Hbond substituents is 1. The molecule has 5 rings (SSSR count). The molecular weight excluding hydrogens is 503 g/mol. The molecular formula is C26H28ClFN4O5. The third kappa shape index (κ3) is 4.48. The number of fused-ring (bicyclic) bond motifs is 2. The standard InChI is InChI=1S/C26H28ClFN4O5/c1-4-19(34)30-8-9-32-16(12-30)13-36-24-21(26(32)35)25(31-10-14(2)37-15(3)11-31)29-23(22(24)27)20-17(28)6-5-7-18(20)33/h4-7,14-16,33H,1,8-13H2,2-3H3/t14-,15-,16?/m1/s1. The van der Waals surface area contributed by atoms with Gasteiger partial charge in [0.1, 0.15) is 40.3 Å². The van der Waals surface area contributed by atoms with E-state index in [1.807, 2.05) is 18.7 Å². The Balaban J connectivity index is 1.67. The summed E-state index contributed by atoms with van der Waals surface area (Å²) in [5.41, 5.74) is -0.0162. The van der Waals surface area contributed by atoms with E-state index in [-0.39, 0.29) is 76.3 Å². The molecule has 9 nitrogen and oxygen atoms in total. The van der Waals surface area contributed by atoms with Gasteiger partial charge in [0, 0.05) is 32.7 Å². The lowest BCUT2D eigenvalue weighted by Gasteiger charge is -2.40. The zero-order valence-corrected chi connectivity index (χ0v) is 21.4. The Hall–Kier alpha value is -3.37. The molecule has 37 heavy (non-hydrogen) atoms. The lowest BCUT2D eigenvalue weighted by atomic mass is 10.0. The molecule has 2 amide bonds. The highest BCUT2D eigenvalue weighted by Gasteiger charge is 2.41. The van der Waals surface area contributed by atoms with Gasteiger partial charge in [-0.1, -0.05) is 24.2 Å². The molecule has 1 aromatic carbocycles. The molecule has 1 aromatic heterocycles. The third-order valence-corrected chi connectivity index (χ3v) is 7.24. The van der Waals surface area contributed by atoms with Crippen LogP contribution in [0.25, 0.3) is 11.3 Å². The second-order valence-electron chi connectivity index (χ2n) is 9.55.